The second-order valence-electron chi connectivity index (χ2n) is 5.65. The molecule has 1 amide bonds. The maximum atomic E-state index is 12.5. The summed E-state index contributed by atoms with van der Waals surface area (Å²) in [5, 5.41) is 9.50. The van der Waals surface area contributed by atoms with E-state index in [4.69, 9.17) is 0 Å². The molecule has 0 spiro atoms. The molecular formula is C15H20N2O2. The largest absolute Gasteiger partial charge is 0.508 e. The molecule has 0 saturated carbocycles. The van der Waals surface area contributed by atoms with Crippen molar-refractivity contribution in [3.8, 4) is 5.75 Å². The fraction of sp³-hybridized carbons (Fsp3) is 0.533. The van der Waals surface area contributed by atoms with E-state index in [0.29, 0.717) is 11.6 Å². The van der Waals surface area contributed by atoms with Gasteiger partial charge in [0.25, 0.3) is 5.91 Å². The van der Waals surface area contributed by atoms with Gasteiger partial charge in [-0.3, -0.25) is 9.69 Å². The Bertz CT molecular complexity index is 489. The van der Waals surface area contributed by atoms with Crippen LogP contribution in [-0.4, -0.2) is 52.5 Å². The average molecular weight is 260 g/mol. The second-order valence-corrected chi connectivity index (χ2v) is 5.65. The zero-order chi connectivity index (χ0) is 13.4. The number of piperazine rings is 1. The third kappa shape index (κ3) is 2.32. The lowest BCUT2D eigenvalue weighted by Crippen LogP contribution is -2.56. The quantitative estimate of drug-likeness (QED) is 0.836. The number of phenols is 1. The first kappa shape index (κ1) is 12.5. The Morgan fingerprint density at radius 3 is 3.00 bits per heavy atom. The van der Waals surface area contributed by atoms with Crippen molar-refractivity contribution in [1.29, 1.82) is 0 Å². The van der Waals surface area contributed by atoms with Crippen LogP contribution in [0, 0.1) is 0 Å². The summed E-state index contributed by atoms with van der Waals surface area (Å²) in [5.74, 6) is 0.188. The van der Waals surface area contributed by atoms with Gasteiger partial charge in [0.1, 0.15) is 5.75 Å². The number of phenolic OH excluding ortho intramolecular Hbond substituents is 1. The van der Waals surface area contributed by atoms with Crippen LogP contribution >= 0.6 is 0 Å². The van der Waals surface area contributed by atoms with Gasteiger partial charge in [-0.15, -0.1) is 0 Å². The maximum absolute atomic E-state index is 12.5. The summed E-state index contributed by atoms with van der Waals surface area (Å²) >= 11 is 0. The van der Waals surface area contributed by atoms with Crippen molar-refractivity contribution >= 4 is 5.91 Å². The summed E-state index contributed by atoms with van der Waals surface area (Å²) in [5.41, 5.74) is 0.582. The zero-order valence-corrected chi connectivity index (χ0v) is 11.2. The van der Waals surface area contributed by atoms with E-state index in [2.05, 4.69) is 11.8 Å². The molecule has 0 radical (unpaired) electrons. The molecule has 1 aromatic rings. The number of carbonyl (C=O) groups excluding carboxylic acids is 1. The van der Waals surface area contributed by atoms with Crippen molar-refractivity contribution in [2.45, 2.75) is 31.8 Å². The molecule has 2 aliphatic heterocycles. The van der Waals surface area contributed by atoms with Crippen LogP contribution < -0.4 is 0 Å². The van der Waals surface area contributed by atoms with Crippen LogP contribution in [0.1, 0.15) is 30.1 Å². The minimum Gasteiger partial charge on any atom is -0.508 e. The van der Waals surface area contributed by atoms with Gasteiger partial charge in [-0.05, 0) is 44.5 Å². The van der Waals surface area contributed by atoms with E-state index >= 15 is 0 Å². The lowest BCUT2D eigenvalue weighted by atomic mass is 10.1. The van der Waals surface area contributed by atoms with Crippen molar-refractivity contribution in [2.75, 3.05) is 19.6 Å². The van der Waals surface area contributed by atoms with Gasteiger partial charge in [-0.2, -0.15) is 0 Å². The van der Waals surface area contributed by atoms with E-state index < -0.39 is 0 Å². The number of nitrogens with zero attached hydrogens (tertiary/aromatic N) is 2. The van der Waals surface area contributed by atoms with Crippen molar-refractivity contribution in [3.05, 3.63) is 29.8 Å². The Morgan fingerprint density at radius 1 is 1.37 bits per heavy atom. The Morgan fingerprint density at radius 2 is 2.21 bits per heavy atom. The Kier molecular flexibility index (Phi) is 3.19. The molecule has 4 nitrogen and oxygen atoms in total. The molecule has 2 aliphatic rings. The van der Waals surface area contributed by atoms with Crippen LogP contribution in [0.3, 0.4) is 0 Å². The third-order valence-corrected chi connectivity index (χ3v) is 4.29. The van der Waals surface area contributed by atoms with Gasteiger partial charge in [0.15, 0.2) is 0 Å². The van der Waals surface area contributed by atoms with Gasteiger partial charge >= 0.3 is 0 Å². The molecule has 2 atom stereocenters. The molecule has 0 aromatic heterocycles. The fourth-order valence-corrected chi connectivity index (χ4v) is 3.28. The van der Waals surface area contributed by atoms with Crippen LogP contribution in [0.5, 0.6) is 5.75 Å². The Balaban J connectivity index is 1.79. The number of rotatable bonds is 1. The Labute approximate surface area is 113 Å². The highest BCUT2D eigenvalue weighted by molar-refractivity contribution is 5.94. The van der Waals surface area contributed by atoms with Crippen LogP contribution in [0.15, 0.2) is 24.3 Å². The van der Waals surface area contributed by atoms with E-state index in [1.165, 1.54) is 19.4 Å². The predicted molar refractivity (Wildman–Crippen MR) is 73.2 cm³/mol. The van der Waals surface area contributed by atoms with Gasteiger partial charge in [-0.25, -0.2) is 0 Å². The van der Waals surface area contributed by atoms with Gasteiger partial charge in [0.05, 0.1) is 0 Å². The van der Waals surface area contributed by atoms with Crippen molar-refractivity contribution in [3.63, 3.8) is 0 Å². The first-order valence-electron chi connectivity index (χ1n) is 6.99. The Hall–Kier alpha value is -1.55. The van der Waals surface area contributed by atoms with Gasteiger partial charge in [-0.1, -0.05) is 6.07 Å². The predicted octanol–water partition coefficient (Wildman–Crippen LogP) is 1.70. The van der Waals surface area contributed by atoms with Crippen molar-refractivity contribution in [1.82, 2.24) is 9.80 Å². The number of aromatic hydroxyl groups is 1. The average Bonchev–Trinajstić information content (AvgIpc) is 2.84. The number of carbonyl (C=O) groups is 1. The summed E-state index contributed by atoms with van der Waals surface area (Å²) in [6.45, 7) is 5.06. The molecule has 102 valence electrons. The molecule has 19 heavy (non-hydrogen) atoms. The molecule has 0 bridgehead atoms. The number of hydrogen-bond donors (Lipinski definition) is 1. The van der Waals surface area contributed by atoms with Gasteiger partial charge < -0.3 is 10.0 Å². The van der Waals surface area contributed by atoms with Crippen LogP contribution in [0.4, 0.5) is 0 Å². The number of hydrogen-bond acceptors (Lipinski definition) is 3. The third-order valence-electron chi connectivity index (χ3n) is 4.29. The topological polar surface area (TPSA) is 43.8 Å². The molecule has 2 saturated heterocycles. The van der Waals surface area contributed by atoms with Crippen LogP contribution in [-0.2, 0) is 0 Å². The van der Waals surface area contributed by atoms with Crippen LogP contribution in [0.2, 0.25) is 0 Å². The smallest absolute Gasteiger partial charge is 0.254 e. The summed E-state index contributed by atoms with van der Waals surface area (Å²) in [6, 6.07) is 7.40. The molecular weight excluding hydrogens is 240 g/mol. The lowest BCUT2D eigenvalue weighted by molar-refractivity contribution is 0.0395. The van der Waals surface area contributed by atoms with E-state index in [1.54, 1.807) is 24.3 Å². The molecule has 2 fully saturated rings. The minimum absolute atomic E-state index is 0.0370. The first-order valence-corrected chi connectivity index (χ1v) is 6.99. The molecule has 2 heterocycles. The van der Waals surface area contributed by atoms with E-state index in [1.807, 2.05) is 4.90 Å². The van der Waals surface area contributed by atoms with Crippen molar-refractivity contribution in [2.24, 2.45) is 0 Å². The SMILES string of the molecule is CC1CN2CCCC2CN1C(=O)c1cccc(O)c1. The summed E-state index contributed by atoms with van der Waals surface area (Å²) in [6.07, 6.45) is 2.43. The molecule has 0 aliphatic carbocycles. The summed E-state index contributed by atoms with van der Waals surface area (Å²) in [7, 11) is 0. The van der Waals surface area contributed by atoms with E-state index in [0.717, 1.165) is 13.1 Å². The standard InChI is InChI=1S/C15H20N2O2/c1-11-9-16-7-3-5-13(16)10-17(11)15(19)12-4-2-6-14(18)8-12/h2,4,6,8,11,13,18H,3,5,7,9-10H2,1H3. The van der Waals surface area contributed by atoms with Crippen molar-refractivity contribution < 1.29 is 9.90 Å². The fourth-order valence-electron chi connectivity index (χ4n) is 3.28. The van der Waals surface area contributed by atoms with E-state index in [9.17, 15) is 9.90 Å². The maximum Gasteiger partial charge on any atom is 0.254 e. The molecule has 4 heteroatoms. The van der Waals surface area contributed by atoms with E-state index in [-0.39, 0.29) is 17.7 Å². The lowest BCUT2D eigenvalue weighted by Gasteiger charge is -2.42. The summed E-state index contributed by atoms with van der Waals surface area (Å²) < 4.78 is 0. The second kappa shape index (κ2) is 4.85. The highest BCUT2D eigenvalue weighted by Gasteiger charge is 2.36. The molecule has 1 N–H and O–H groups in total. The molecule has 1 aromatic carbocycles. The van der Waals surface area contributed by atoms with Crippen LogP contribution in [0.25, 0.3) is 0 Å². The van der Waals surface area contributed by atoms with Gasteiger partial charge in [0.2, 0.25) is 0 Å². The minimum atomic E-state index is 0.0370. The highest BCUT2D eigenvalue weighted by Crippen LogP contribution is 2.26. The normalized spacial score (nSPS) is 27.3. The number of amides is 1. The molecule has 2 unspecified atom stereocenters. The van der Waals surface area contributed by atoms with Gasteiger partial charge in [0, 0.05) is 30.7 Å². The first-order chi connectivity index (χ1) is 9.15. The number of benzene rings is 1. The monoisotopic (exact) mass is 260 g/mol. The summed E-state index contributed by atoms with van der Waals surface area (Å²) in [4.78, 5) is 17.0. The molecule has 3 rings (SSSR count). The highest BCUT2D eigenvalue weighted by atomic mass is 16.3. The number of fused-ring (bicyclic) bond motifs is 1. The zero-order valence-electron chi connectivity index (χ0n) is 11.2.